The van der Waals surface area contributed by atoms with Crippen molar-refractivity contribution >= 4 is 50.4 Å². The summed E-state index contributed by atoms with van der Waals surface area (Å²) in [5.74, 6) is -2.18. The fourth-order valence-corrected chi connectivity index (χ4v) is 4.76. The van der Waals surface area contributed by atoms with Crippen LogP contribution in [0.3, 0.4) is 0 Å². The topological polar surface area (TPSA) is 109 Å². The summed E-state index contributed by atoms with van der Waals surface area (Å²) in [5.41, 5.74) is 2.89. The quantitative estimate of drug-likeness (QED) is 0.292. The Hall–Kier alpha value is -3.37. The Bertz CT molecular complexity index is 1280. The van der Waals surface area contributed by atoms with E-state index in [4.69, 9.17) is 10.1 Å². The number of hydrogen-bond acceptors (Lipinski definition) is 8. The molecule has 1 atom stereocenters. The number of aryl methyl sites for hydroxylation is 1. The fourth-order valence-electron chi connectivity index (χ4n) is 3.30. The highest BCUT2D eigenvalue weighted by Crippen LogP contribution is 2.30. The number of rotatable bonds is 8. The molecular formula is C22H21N5O3S2. The third-order valence-corrected chi connectivity index (χ3v) is 6.43. The molecule has 4 aromatic rings. The van der Waals surface area contributed by atoms with Gasteiger partial charge >= 0.3 is 5.97 Å². The van der Waals surface area contributed by atoms with Gasteiger partial charge in [-0.2, -0.15) is 0 Å². The minimum Gasteiger partial charge on any atom is -0.456 e. The van der Waals surface area contributed by atoms with E-state index in [2.05, 4.69) is 15.3 Å². The van der Waals surface area contributed by atoms with Crippen LogP contribution in [0, 0.1) is 18.3 Å². The summed E-state index contributed by atoms with van der Waals surface area (Å²) in [6, 6.07) is 9.20. The van der Waals surface area contributed by atoms with Crippen molar-refractivity contribution in [2.45, 2.75) is 26.9 Å². The van der Waals surface area contributed by atoms with Gasteiger partial charge in [0, 0.05) is 17.0 Å². The molecular weight excluding hydrogens is 446 g/mol. The van der Waals surface area contributed by atoms with Gasteiger partial charge in [-0.05, 0) is 18.9 Å². The zero-order chi connectivity index (χ0) is 22.7. The van der Waals surface area contributed by atoms with Gasteiger partial charge in [-0.1, -0.05) is 37.3 Å². The van der Waals surface area contributed by atoms with Crippen LogP contribution in [-0.2, 0) is 20.9 Å². The summed E-state index contributed by atoms with van der Waals surface area (Å²) in [5, 5.41) is 15.1. The molecule has 1 amide bonds. The standard InChI is InChI=1S/C22H21N5O3S2/c1-3-15(17(23)20(29)30-11-14-7-5-4-6-8-14)19(28)26-21-25-16(12-32-21)18-13(2)24-22-27(18)9-10-31-22/h4-10,12,15,23H,3,11H2,1-2H3,(H,25,26,28). The number of fused-ring (bicyclic) bond motifs is 1. The van der Waals surface area contributed by atoms with Crippen LogP contribution < -0.4 is 5.32 Å². The Morgan fingerprint density at radius 2 is 2.00 bits per heavy atom. The Balaban J connectivity index is 1.42. The lowest BCUT2D eigenvalue weighted by Gasteiger charge is -2.14. The first-order valence-corrected chi connectivity index (χ1v) is 11.7. The molecule has 8 nitrogen and oxygen atoms in total. The maximum absolute atomic E-state index is 12.8. The SMILES string of the molecule is CCC(C(=N)C(=O)OCc1ccccc1)C(=O)Nc1nc(-c2c(C)nc3sccn23)cs1. The molecule has 0 aliphatic rings. The average Bonchev–Trinajstić information content (AvgIpc) is 3.49. The third-order valence-electron chi connectivity index (χ3n) is 4.92. The van der Waals surface area contributed by atoms with Crippen molar-refractivity contribution in [1.29, 1.82) is 5.41 Å². The molecule has 0 spiro atoms. The molecule has 0 fully saturated rings. The van der Waals surface area contributed by atoms with Gasteiger partial charge in [0.15, 0.2) is 10.1 Å². The fraction of sp³-hybridized carbons (Fsp3) is 0.227. The van der Waals surface area contributed by atoms with Gasteiger partial charge in [-0.25, -0.2) is 14.8 Å². The van der Waals surface area contributed by atoms with E-state index in [0.29, 0.717) is 17.2 Å². The molecule has 2 N–H and O–H groups in total. The third kappa shape index (κ3) is 4.46. The highest BCUT2D eigenvalue weighted by Gasteiger charge is 2.28. The van der Waals surface area contributed by atoms with Crippen molar-refractivity contribution in [2.24, 2.45) is 5.92 Å². The molecule has 1 aromatic carbocycles. The average molecular weight is 468 g/mol. The first kappa shape index (κ1) is 21.8. The Kier molecular flexibility index (Phi) is 6.42. The van der Waals surface area contributed by atoms with E-state index in [1.165, 1.54) is 11.3 Å². The number of ether oxygens (including phenoxy) is 1. The van der Waals surface area contributed by atoms with Crippen molar-refractivity contribution in [3.63, 3.8) is 0 Å². The van der Waals surface area contributed by atoms with Gasteiger partial charge in [-0.3, -0.25) is 14.6 Å². The van der Waals surface area contributed by atoms with Gasteiger partial charge in [0.1, 0.15) is 18.0 Å². The molecule has 1 unspecified atom stereocenters. The summed E-state index contributed by atoms with van der Waals surface area (Å²) >= 11 is 2.82. The monoisotopic (exact) mass is 467 g/mol. The number of esters is 1. The number of carbonyl (C=O) groups is 2. The number of nitrogens with zero attached hydrogens (tertiary/aromatic N) is 3. The normalized spacial score (nSPS) is 11.9. The van der Waals surface area contributed by atoms with Gasteiger partial charge in [0.2, 0.25) is 5.91 Å². The molecule has 0 saturated carbocycles. The Labute approximate surface area is 192 Å². The van der Waals surface area contributed by atoms with E-state index in [1.807, 2.05) is 58.6 Å². The van der Waals surface area contributed by atoms with Crippen LogP contribution in [-0.4, -0.2) is 32.0 Å². The number of imidazole rings is 1. The first-order valence-electron chi connectivity index (χ1n) is 9.96. The first-order chi connectivity index (χ1) is 15.5. The predicted molar refractivity (Wildman–Crippen MR) is 125 cm³/mol. The summed E-state index contributed by atoms with van der Waals surface area (Å²) < 4.78 is 7.17. The van der Waals surface area contributed by atoms with E-state index in [1.54, 1.807) is 18.3 Å². The van der Waals surface area contributed by atoms with Crippen molar-refractivity contribution in [2.75, 3.05) is 5.32 Å². The second kappa shape index (κ2) is 9.41. The molecule has 32 heavy (non-hydrogen) atoms. The zero-order valence-corrected chi connectivity index (χ0v) is 19.1. The van der Waals surface area contributed by atoms with Crippen molar-refractivity contribution < 1.29 is 14.3 Å². The summed E-state index contributed by atoms with van der Waals surface area (Å²) in [7, 11) is 0. The molecule has 164 valence electrons. The lowest BCUT2D eigenvalue weighted by Crippen LogP contribution is -2.34. The summed E-state index contributed by atoms with van der Waals surface area (Å²) in [6.07, 6.45) is 2.23. The minimum atomic E-state index is -0.925. The number of amides is 1. The van der Waals surface area contributed by atoms with Crippen LogP contribution in [0.1, 0.15) is 24.6 Å². The Morgan fingerprint density at radius 1 is 1.22 bits per heavy atom. The number of aromatic nitrogens is 3. The number of nitrogens with one attached hydrogen (secondary N) is 2. The molecule has 10 heteroatoms. The highest BCUT2D eigenvalue weighted by molar-refractivity contribution is 7.15. The molecule has 0 radical (unpaired) electrons. The number of carbonyl (C=O) groups excluding carboxylic acids is 2. The van der Waals surface area contributed by atoms with E-state index in [-0.39, 0.29) is 12.3 Å². The highest BCUT2D eigenvalue weighted by atomic mass is 32.1. The van der Waals surface area contributed by atoms with E-state index in [9.17, 15) is 9.59 Å². The van der Waals surface area contributed by atoms with Gasteiger partial charge in [0.25, 0.3) is 0 Å². The minimum absolute atomic E-state index is 0.0533. The summed E-state index contributed by atoms with van der Waals surface area (Å²) in [6.45, 7) is 3.72. The second-order valence-corrected chi connectivity index (χ2v) is 8.80. The van der Waals surface area contributed by atoms with Crippen LogP contribution in [0.15, 0.2) is 47.3 Å². The maximum atomic E-state index is 12.8. The predicted octanol–water partition coefficient (Wildman–Crippen LogP) is 4.56. The smallest absolute Gasteiger partial charge is 0.353 e. The number of anilines is 1. The second-order valence-electron chi connectivity index (χ2n) is 7.06. The van der Waals surface area contributed by atoms with Crippen LogP contribution in [0.2, 0.25) is 0 Å². The number of hydrogen-bond donors (Lipinski definition) is 2. The molecule has 0 saturated heterocycles. The molecule has 0 bridgehead atoms. The zero-order valence-electron chi connectivity index (χ0n) is 17.5. The van der Waals surface area contributed by atoms with E-state index >= 15 is 0 Å². The number of thiazole rings is 2. The van der Waals surface area contributed by atoms with Gasteiger partial charge < -0.3 is 10.1 Å². The van der Waals surface area contributed by atoms with E-state index < -0.39 is 17.8 Å². The van der Waals surface area contributed by atoms with Crippen LogP contribution in [0.25, 0.3) is 16.3 Å². The van der Waals surface area contributed by atoms with Gasteiger partial charge in [0.05, 0.1) is 17.3 Å². The largest absolute Gasteiger partial charge is 0.456 e. The molecule has 3 aromatic heterocycles. The molecule has 3 heterocycles. The van der Waals surface area contributed by atoms with Crippen LogP contribution >= 0.6 is 22.7 Å². The maximum Gasteiger partial charge on any atom is 0.353 e. The molecule has 0 aliphatic heterocycles. The van der Waals surface area contributed by atoms with E-state index in [0.717, 1.165) is 21.9 Å². The molecule has 0 aliphatic carbocycles. The molecule has 4 rings (SSSR count). The van der Waals surface area contributed by atoms with Crippen molar-refractivity contribution in [3.05, 3.63) is 58.5 Å². The van der Waals surface area contributed by atoms with Crippen LogP contribution in [0.5, 0.6) is 0 Å². The summed E-state index contributed by atoms with van der Waals surface area (Å²) in [4.78, 5) is 35.0. The lowest BCUT2D eigenvalue weighted by molar-refractivity contribution is -0.137. The van der Waals surface area contributed by atoms with Crippen molar-refractivity contribution in [1.82, 2.24) is 14.4 Å². The number of benzene rings is 1. The Morgan fingerprint density at radius 3 is 2.75 bits per heavy atom. The van der Waals surface area contributed by atoms with Gasteiger partial charge in [-0.15, -0.1) is 22.7 Å². The van der Waals surface area contributed by atoms with Crippen LogP contribution in [0.4, 0.5) is 5.13 Å². The lowest BCUT2D eigenvalue weighted by atomic mass is 9.99. The van der Waals surface area contributed by atoms with Crippen molar-refractivity contribution in [3.8, 4) is 11.4 Å².